The summed E-state index contributed by atoms with van der Waals surface area (Å²) in [6.45, 7) is 6.33. The zero-order valence-corrected chi connectivity index (χ0v) is 11.5. The summed E-state index contributed by atoms with van der Waals surface area (Å²) in [7, 11) is 0. The molecule has 0 saturated carbocycles. The zero-order chi connectivity index (χ0) is 12.2. The molecule has 3 heteroatoms. The number of Topliss-reactive ketones (excluding diaryl/α,β-unsaturated/α-hetero) is 1. The first-order valence-corrected chi connectivity index (χ1v) is 6.05. The first-order chi connectivity index (χ1) is 7.41. The summed E-state index contributed by atoms with van der Waals surface area (Å²) in [5.41, 5.74) is 0.734. The van der Waals surface area contributed by atoms with E-state index in [0.29, 0.717) is 6.61 Å². The second-order valence-electron chi connectivity index (χ2n) is 4.76. The third-order valence-electron chi connectivity index (χ3n) is 2.29. The number of ether oxygens (including phenoxy) is 1. The van der Waals surface area contributed by atoms with Gasteiger partial charge in [-0.25, -0.2) is 0 Å². The Hall–Kier alpha value is -0.670. The number of carbonyl (C=O) groups is 1. The largest absolute Gasteiger partial charge is 0.369 e. The van der Waals surface area contributed by atoms with E-state index < -0.39 is 0 Å². The fourth-order valence-electron chi connectivity index (χ4n) is 1.09. The van der Waals surface area contributed by atoms with E-state index in [0.717, 1.165) is 10.0 Å². The molecule has 0 atom stereocenters. The quantitative estimate of drug-likeness (QED) is 0.845. The van der Waals surface area contributed by atoms with Gasteiger partial charge in [-0.3, -0.25) is 4.79 Å². The second-order valence-corrected chi connectivity index (χ2v) is 5.61. The molecule has 0 N–H and O–H groups in total. The predicted molar refractivity (Wildman–Crippen MR) is 68.3 cm³/mol. The van der Waals surface area contributed by atoms with Crippen molar-refractivity contribution < 1.29 is 9.53 Å². The van der Waals surface area contributed by atoms with E-state index in [1.54, 1.807) is 0 Å². The van der Waals surface area contributed by atoms with Crippen LogP contribution in [0.5, 0.6) is 0 Å². The summed E-state index contributed by atoms with van der Waals surface area (Å²) < 4.78 is 6.42. The average Bonchev–Trinajstić information content (AvgIpc) is 2.19. The van der Waals surface area contributed by atoms with Gasteiger partial charge in [0.05, 0.1) is 6.61 Å². The van der Waals surface area contributed by atoms with Crippen molar-refractivity contribution in [3.63, 3.8) is 0 Å². The van der Waals surface area contributed by atoms with Crippen molar-refractivity contribution in [3.05, 3.63) is 34.3 Å². The van der Waals surface area contributed by atoms with Gasteiger partial charge in [-0.15, -0.1) is 0 Å². The Labute approximate surface area is 105 Å². The van der Waals surface area contributed by atoms with Crippen LogP contribution in [0.4, 0.5) is 0 Å². The van der Waals surface area contributed by atoms with E-state index in [4.69, 9.17) is 4.74 Å². The van der Waals surface area contributed by atoms with Gasteiger partial charge in [-0.2, -0.15) is 0 Å². The minimum Gasteiger partial charge on any atom is -0.369 e. The van der Waals surface area contributed by atoms with Crippen LogP contribution in [0.1, 0.15) is 26.3 Å². The highest BCUT2D eigenvalue weighted by Crippen LogP contribution is 2.18. The molecule has 0 aliphatic rings. The number of ketones is 1. The lowest BCUT2D eigenvalue weighted by Gasteiger charge is -2.16. The monoisotopic (exact) mass is 284 g/mol. The lowest BCUT2D eigenvalue weighted by molar-refractivity contribution is -0.131. The molecule has 0 fully saturated rings. The molecule has 2 nitrogen and oxygen atoms in total. The maximum Gasteiger partial charge on any atom is 0.163 e. The van der Waals surface area contributed by atoms with E-state index in [1.165, 1.54) is 0 Å². The molecule has 0 radical (unpaired) electrons. The summed E-state index contributed by atoms with van der Waals surface area (Å²) in [4.78, 5) is 11.6. The van der Waals surface area contributed by atoms with Crippen molar-refractivity contribution in [2.24, 2.45) is 5.41 Å². The van der Waals surface area contributed by atoms with Gasteiger partial charge in [-0.05, 0) is 11.6 Å². The molecule has 0 aliphatic heterocycles. The van der Waals surface area contributed by atoms with E-state index in [9.17, 15) is 4.79 Å². The normalized spacial score (nSPS) is 11.5. The molecule has 0 bridgehead atoms. The van der Waals surface area contributed by atoms with Crippen molar-refractivity contribution >= 4 is 21.7 Å². The molecule has 1 aromatic rings. The Morgan fingerprint density at radius 2 is 1.94 bits per heavy atom. The Morgan fingerprint density at radius 1 is 1.31 bits per heavy atom. The number of hydrogen-bond acceptors (Lipinski definition) is 2. The van der Waals surface area contributed by atoms with Crippen LogP contribution in [0, 0.1) is 5.41 Å². The third kappa shape index (κ3) is 4.06. The van der Waals surface area contributed by atoms with Crippen molar-refractivity contribution in [2.75, 3.05) is 6.61 Å². The van der Waals surface area contributed by atoms with Crippen molar-refractivity contribution in [2.45, 2.75) is 27.4 Å². The van der Waals surface area contributed by atoms with Crippen LogP contribution in [-0.2, 0) is 16.1 Å². The van der Waals surface area contributed by atoms with Gasteiger partial charge < -0.3 is 4.74 Å². The highest BCUT2D eigenvalue weighted by atomic mass is 79.9. The second kappa shape index (κ2) is 5.60. The standard InChI is InChI=1S/C13H17BrO2/c1-13(2,3)12(15)9-16-8-10-6-4-5-7-11(10)14/h4-7H,8-9H2,1-3H3. The topological polar surface area (TPSA) is 26.3 Å². The lowest BCUT2D eigenvalue weighted by Crippen LogP contribution is -2.24. The van der Waals surface area contributed by atoms with Crippen molar-refractivity contribution in [1.82, 2.24) is 0 Å². The van der Waals surface area contributed by atoms with Crippen LogP contribution in [0.25, 0.3) is 0 Å². The molecule has 0 unspecified atom stereocenters. The van der Waals surface area contributed by atoms with Gasteiger partial charge in [0.2, 0.25) is 0 Å². The molecule has 1 aromatic carbocycles. The van der Waals surface area contributed by atoms with Crippen molar-refractivity contribution in [1.29, 1.82) is 0 Å². The number of carbonyl (C=O) groups excluding carboxylic acids is 1. The average molecular weight is 285 g/mol. The van der Waals surface area contributed by atoms with Crippen LogP contribution < -0.4 is 0 Å². The summed E-state index contributed by atoms with van der Waals surface area (Å²) in [6.07, 6.45) is 0. The molecule has 0 aromatic heterocycles. The summed E-state index contributed by atoms with van der Waals surface area (Å²) in [6, 6.07) is 7.85. The number of halogens is 1. The lowest BCUT2D eigenvalue weighted by atomic mass is 9.91. The van der Waals surface area contributed by atoms with Gasteiger partial charge in [-0.1, -0.05) is 54.9 Å². The van der Waals surface area contributed by atoms with Crippen LogP contribution in [0.2, 0.25) is 0 Å². The first-order valence-electron chi connectivity index (χ1n) is 5.25. The highest BCUT2D eigenvalue weighted by Gasteiger charge is 2.20. The Kier molecular flexibility index (Phi) is 4.69. The summed E-state index contributed by atoms with van der Waals surface area (Å²) in [5, 5.41) is 0. The summed E-state index contributed by atoms with van der Waals surface area (Å²) in [5.74, 6) is 0.125. The Bertz CT molecular complexity index is 366. The van der Waals surface area contributed by atoms with E-state index >= 15 is 0 Å². The smallest absolute Gasteiger partial charge is 0.163 e. The Morgan fingerprint density at radius 3 is 2.50 bits per heavy atom. The number of rotatable bonds is 4. The maximum absolute atomic E-state index is 11.6. The molecular formula is C13H17BrO2. The van der Waals surface area contributed by atoms with Crippen LogP contribution >= 0.6 is 15.9 Å². The van der Waals surface area contributed by atoms with E-state index in [-0.39, 0.29) is 17.8 Å². The van der Waals surface area contributed by atoms with Crippen LogP contribution in [0.3, 0.4) is 0 Å². The van der Waals surface area contributed by atoms with E-state index in [2.05, 4.69) is 15.9 Å². The molecule has 0 aliphatic carbocycles. The minimum atomic E-state index is -0.325. The number of benzene rings is 1. The summed E-state index contributed by atoms with van der Waals surface area (Å²) >= 11 is 3.44. The maximum atomic E-state index is 11.6. The number of hydrogen-bond donors (Lipinski definition) is 0. The Balaban J connectivity index is 2.43. The van der Waals surface area contributed by atoms with Gasteiger partial charge in [0.15, 0.2) is 5.78 Å². The fraction of sp³-hybridized carbons (Fsp3) is 0.462. The van der Waals surface area contributed by atoms with Crippen LogP contribution in [0.15, 0.2) is 28.7 Å². The van der Waals surface area contributed by atoms with E-state index in [1.807, 2.05) is 45.0 Å². The minimum absolute atomic E-state index is 0.125. The first kappa shape index (κ1) is 13.4. The van der Waals surface area contributed by atoms with Gasteiger partial charge >= 0.3 is 0 Å². The highest BCUT2D eigenvalue weighted by molar-refractivity contribution is 9.10. The van der Waals surface area contributed by atoms with Gasteiger partial charge in [0.1, 0.15) is 6.61 Å². The zero-order valence-electron chi connectivity index (χ0n) is 9.92. The molecule has 0 amide bonds. The van der Waals surface area contributed by atoms with Crippen molar-refractivity contribution in [3.8, 4) is 0 Å². The molecule has 0 saturated heterocycles. The molecular weight excluding hydrogens is 268 g/mol. The predicted octanol–water partition coefficient (Wildman–Crippen LogP) is 3.58. The van der Waals surface area contributed by atoms with Crippen LogP contribution in [-0.4, -0.2) is 12.4 Å². The molecule has 1 rings (SSSR count). The molecule has 0 spiro atoms. The molecule has 16 heavy (non-hydrogen) atoms. The SMILES string of the molecule is CC(C)(C)C(=O)COCc1ccccc1Br. The third-order valence-corrected chi connectivity index (χ3v) is 3.06. The van der Waals surface area contributed by atoms with Gasteiger partial charge in [0, 0.05) is 9.89 Å². The fourth-order valence-corrected chi connectivity index (χ4v) is 1.48. The molecule has 88 valence electrons. The van der Waals surface area contributed by atoms with Gasteiger partial charge in [0.25, 0.3) is 0 Å². The molecule has 0 heterocycles.